The fourth-order valence-electron chi connectivity index (χ4n) is 4.98. The summed E-state index contributed by atoms with van der Waals surface area (Å²) in [6, 6.07) is 20.2. The van der Waals surface area contributed by atoms with Crippen LogP contribution in [0.5, 0.6) is 5.75 Å². The van der Waals surface area contributed by atoms with Gasteiger partial charge in [-0.25, -0.2) is 4.98 Å². The highest BCUT2D eigenvalue weighted by Crippen LogP contribution is 2.35. The number of amides is 1. The van der Waals surface area contributed by atoms with Crippen molar-refractivity contribution in [1.82, 2.24) is 9.55 Å². The second kappa shape index (κ2) is 9.74. The predicted molar refractivity (Wildman–Crippen MR) is 142 cm³/mol. The minimum Gasteiger partial charge on any atom is -0.494 e. The maximum atomic E-state index is 13.1. The molecule has 1 amide bonds. The van der Waals surface area contributed by atoms with Crippen molar-refractivity contribution >= 4 is 34.2 Å². The second-order valence-electron chi connectivity index (χ2n) is 9.42. The Hall–Kier alpha value is -3.31. The Labute approximate surface area is 211 Å². The first kappa shape index (κ1) is 23.4. The van der Waals surface area contributed by atoms with E-state index < -0.39 is 0 Å². The fourth-order valence-corrected chi connectivity index (χ4v) is 5.10. The Morgan fingerprint density at radius 1 is 1.03 bits per heavy atom. The number of aryl methyl sites for hydroxylation is 4. The maximum Gasteiger partial charge on any atom is 0.227 e. The number of carbonyl (C=O) groups is 1. The first-order valence-electron chi connectivity index (χ1n) is 12.1. The molecule has 1 unspecified atom stereocenters. The third kappa shape index (κ3) is 4.78. The molecule has 180 valence electrons. The molecule has 3 aromatic carbocycles. The van der Waals surface area contributed by atoms with Crippen LogP contribution in [-0.2, 0) is 11.3 Å². The molecule has 35 heavy (non-hydrogen) atoms. The van der Waals surface area contributed by atoms with E-state index in [9.17, 15) is 4.79 Å². The number of halogens is 1. The average molecular weight is 488 g/mol. The molecule has 5 rings (SSSR count). The second-order valence-corrected chi connectivity index (χ2v) is 9.83. The van der Waals surface area contributed by atoms with Gasteiger partial charge in [0.15, 0.2) is 0 Å². The number of para-hydroxylation sites is 2. The lowest BCUT2D eigenvalue weighted by atomic mass is 10.1. The van der Waals surface area contributed by atoms with Gasteiger partial charge in [0.2, 0.25) is 5.91 Å². The van der Waals surface area contributed by atoms with Crippen LogP contribution < -0.4 is 9.64 Å². The SMILES string of the molecule is Cc1ccc(N2CC(c3nc4ccccc4n3CCCOc3ccc(Cl)c(C)c3)CC2=O)c(C)c1. The van der Waals surface area contributed by atoms with E-state index in [2.05, 4.69) is 42.7 Å². The van der Waals surface area contributed by atoms with E-state index in [1.807, 2.05) is 48.2 Å². The summed E-state index contributed by atoms with van der Waals surface area (Å²) in [4.78, 5) is 20.0. The zero-order chi connectivity index (χ0) is 24.5. The number of carbonyl (C=O) groups excluding carboxylic acids is 1. The Balaban J connectivity index is 1.35. The summed E-state index contributed by atoms with van der Waals surface area (Å²) in [5, 5.41) is 0.743. The van der Waals surface area contributed by atoms with Gasteiger partial charge in [-0.2, -0.15) is 0 Å². The first-order chi connectivity index (χ1) is 16.9. The van der Waals surface area contributed by atoms with E-state index >= 15 is 0 Å². The van der Waals surface area contributed by atoms with Crippen LogP contribution in [0.1, 0.15) is 41.3 Å². The quantitative estimate of drug-likeness (QED) is 0.276. The summed E-state index contributed by atoms with van der Waals surface area (Å²) < 4.78 is 8.25. The zero-order valence-corrected chi connectivity index (χ0v) is 21.2. The Morgan fingerprint density at radius 3 is 2.66 bits per heavy atom. The molecule has 0 N–H and O–H groups in total. The Bertz CT molecular complexity index is 1390. The van der Waals surface area contributed by atoms with Crippen LogP contribution in [0, 0.1) is 20.8 Å². The third-order valence-electron chi connectivity index (χ3n) is 6.74. The van der Waals surface area contributed by atoms with Gasteiger partial charge in [-0.05, 0) is 74.7 Å². The number of anilines is 1. The van der Waals surface area contributed by atoms with E-state index in [4.69, 9.17) is 21.3 Å². The number of benzene rings is 3. The van der Waals surface area contributed by atoms with Crippen molar-refractivity contribution in [2.45, 2.75) is 46.1 Å². The van der Waals surface area contributed by atoms with Crippen molar-refractivity contribution in [2.24, 2.45) is 0 Å². The summed E-state index contributed by atoms with van der Waals surface area (Å²) >= 11 is 6.13. The summed E-state index contributed by atoms with van der Waals surface area (Å²) in [6.45, 7) is 8.13. The number of fused-ring (bicyclic) bond motifs is 1. The maximum absolute atomic E-state index is 13.1. The van der Waals surface area contributed by atoms with Gasteiger partial charge in [0, 0.05) is 36.1 Å². The minimum atomic E-state index is 0.0513. The molecule has 0 aliphatic carbocycles. The highest BCUT2D eigenvalue weighted by Gasteiger charge is 2.35. The van der Waals surface area contributed by atoms with Crippen LogP contribution in [0.4, 0.5) is 5.69 Å². The van der Waals surface area contributed by atoms with Crippen molar-refractivity contribution in [1.29, 1.82) is 0 Å². The van der Waals surface area contributed by atoms with Crippen LogP contribution in [-0.4, -0.2) is 28.6 Å². The van der Waals surface area contributed by atoms with Gasteiger partial charge in [0.25, 0.3) is 0 Å². The summed E-state index contributed by atoms with van der Waals surface area (Å²) in [6.07, 6.45) is 1.30. The molecule has 1 aliphatic rings. The fraction of sp³-hybridized carbons (Fsp3) is 0.310. The molecular weight excluding hydrogens is 458 g/mol. The molecule has 5 nitrogen and oxygen atoms in total. The van der Waals surface area contributed by atoms with Crippen molar-refractivity contribution < 1.29 is 9.53 Å². The smallest absolute Gasteiger partial charge is 0.227 e. The lowest BCUT2D eigenvalue weighted by Crippen LogP contribution is -2.25. The molecule has 1 saturated heterocycles. The minimum absolute atomic E-state index is 0.0513. The topological polar surface area (TPSA) is 47.4 Å². The number of rotatable bonds is 7. The Morgan fingerprint density at radius 2 is 1.86 bits per heavy atom. The van der Waals surface area contributed by atoms with Gasteiger partial charge >= 0.3 is 0 Å². The molecule has 1 aliphatic heterocycles. The van der Waals surface area contributed by atoms with E-state index in [0.717, 1.165) is 57.4 Å². The standard InChI is InChI=1S/C29H30ClN3O2/c1-19-9-12-26(21(3)15-19)33-18-22(17-28(33)34)29-31-25-7-4-5-8-27(25)32(29)13-6-14-35-23-10-11-24(30)20(2)16-23/h4-5,7-12,15-16,22H,6,13-14,17-18H2,1-3H3. The van der Waals surface area contributed by atoms with Crippen LogP contribution >= 0.6 is 11.6 Å². The van der Waals surface area contributed by atoms with Crippen LogP contribution in [0.3, 0.4) is 0 Å². The lowest BCUT2D eigenvalue weighted by molar-refractivity contribution is -0.117. The third-order valence-corrected chi connectivity index (χ3v) is 7.17. The first-order valence-corrected chi connectivity index (χ1v) is 12.5. The van der Waals surface area contributed by atoms with Crippen molar-refractivity contribution in [3.05, 3.63) is 88.2 Å². The number of aromatic nitrogens is 2. The molecule has 0 spiro atoms. The summed E-state index contributed by atoms with van der Waals surface area (Å²) in [7, 11) is 0. The van der Waals surface area contributed by atoms with Crippen LogP contribution in [0.15, 0.2) is 60.7 Å². The number of hydrogen-bond acceptors (Lipinski definition) is 3. The van der Waals surface area contributed by atoms with Crippen LogP contribution in [0.2, 0.25) is 5.02 Å². The van der Waals surface area contributed by atoms with Gasteiger partial charge in [-0.1, -0.05) is 41.4 Å². The molecular formula is C29H30ClN3O2. The lowest BCUT2D eigenvalue weighted by Gasteiger charge is -2.20. The average Bonchev–Trinajstić information content (AvgIpc) is 3.39. The van der Waals surface area contributed by atoms with Gasteiger partial charge in [-0.15, -0.1) is 0 Å². The predicted octanol–water partition coefficient (Wildman–Crippen LogP) is 6.60. The van der Waals surface area contributed by atoms with Crippen molar-refractivity contribution in [3.63, 3.8) is 0 Å². The van der Waals surface area contributed by atoms with E-state index in [0.29, 0.717) is 19.6 Å². The zero-order valence-electron chi connectivity index (χ0n) is 20.4. The molecule has 0 bridgehead atoms. The molecule has 1 fully saturated rings. The van der Waals surface area contributed by atoms with Crippen molar-refractivity contribution in [3.8, 4) is 5.75 Å². The summed E-state index contributed by atoms with van der Waals surface area (Å²) in [5.41, 5.74) is 6.40. The summed E-state index contributed by atoms with van der Waals surface area (Å²) in [5.74, 6) is 2.01. The Kier molecular flexibility index (Phi) is 6.52. The van der Waals surface area contributed by atoms with Gasteiger partial charge < -0.3 is 14.2 Å². The molecule has 0 radical (unpaired) electrons. The van der Waals surface area contributed by atoms with Crippen LogP contribution in [0.25, 0.3) is 11.0 Å². The largest absolute Gasteiger partial charge is 0.494 e. The number of nitrogens with zero attached hydrogens (tertiary/aromatic N) is 3. The van der Waals surface area contributed by atoms with E-state index in [-0.39, 0.29) is 11.8 Å². The molecule has 1 atom stereocenters. The molecule has 4 aromatic rings. The molecule has 0 saturated carbocycles. The number of ether oxygens (including phenoxy) is 1. The molecule has 2 heterocycles. The van der Waals surface area contributed by atoms with Crippen molar-refractivity contribution in [2.75, 3.05) is 18.1 Å². The van der Waals surface area contributed by atoms with Gasteiger partial charge in [-0.3, -0.25) is 4.79 Å². The molecule has 6 heteroatoms. The van der Waals surface area contributed by atoms with Gasteiger partial charge in [0.1, 0.15) is 11.6 Å². The monoisotopic (exact) mass is 487 g/mol. The molecule has 1 aromatic heterocycles. The number of hydrogen-bond donors (Lipinski definition) is 0. The van der Waals surface area contributed by atoms with Gasteiger partial charge in [0.05, 0.1) is 17.6 Å². The highest BCUT2D eigenvalue weighted by atomic mass is 35.5. The van der Waals surface area contributed by atoms with E-state index in [1.54, 1.807) is 0 Å². The normalized spacial score (nSPS) is 15.8. The van der Waals surface area contributed by atoms with E-state index in [1.165, 1.54) is 5.56 Å². The number of imidazole rings is 1. The highest BCUT2D eigenvalue weighted by molar-refractivity contribution is 6.31.